The molecule has 0 aromatic heterocycles. The SMILES string of the molecule is C[C@H](CCC=C(CO)C(=O)O)[C@H]1CC[C@@]2(C)[C@@H]3CC[C@H]4C(C)(C)[C@@H](O)CC[C@@]45C[C@@]35CC[C@]12C. The molecule has 5 saturated carbocycles. The monoisotopic (exact) mass is 472 g/mol. The van der Waals surface area contributed by atoms with Gasteiger partial charge in [-0.3, -0.25) is 0 Å². The first-order chi connectivity index (χ1) is 15.9. The molecule has 0 radical (unpaired) electrons. The number of carboxylic acid groups (broad SMARTS) is 1. The van der Waals surface area contributed by atoms with Crippen molar-refractivity contribution in [3.8, 4) is 0 Å². The number of allylic oxidation sites excluding steroid dienone is 1. The van der Waals surface area contributed by atoms with Crippen molar-refractivity contribution >= 4 is 5.97 Å². The van der Waals surface area contributed by atoms with Crippen molar-refractivity contribution in [2.75, 3.05) is 6.61 Å². The van der Waals surface area contributed by atoms with Gasteiger partial charge >= 0.3 is 5.97 Å². The van der Waals surface area contributed by atoms with E-state index in [2.05, 4.69) is 34.6 Å². The van der Waals surface area contributed by atoms with Crippen molar-refractivity contribution in [1.82, 2.24) is 0 Å². The first-order valence-corrected chi connectivity index (χ1v) is 14.1. The molecule has 34 heavy (non-hydrogen) atoms. The Kier molecular flexibility index (Phi) is 5.70. The normalized spacial score (nSPS) is 49.9. The van der Waals surface area contributed by atoms with E-state index in [1.807, 2.05) is 0 Å². The van der Waals surface area contributed by atoms with Crippen LogP contribution in [-0.2, 0) is 4.79 Å². The van der Waals surface area contributed by atoms with E-state index in [1.165, 1.54) is 51.4 Å². The summed E-state index contributed by atoms with van der Waals surface area (Å²) in [5, 5.41) is 29.4. The average Bonchev–Trinajstić information content (AvgIpc) is 3.36. The molecule has 0 aromatic rings. The summed E-state index contributed by atoms with van der Waals surface area (Å²) in [6.07, 6.45) is 15.0. The van der Waals surface area contributed by atoms with Crippen LogP contribution >= 0.6 is 0 Å². The molecule has 3 N–H and O–H groups in total. The van der Waals surface area contributed by atoms with E-state index >= 15 is 0 Å². The van der Waals surface area contributed by atoms with Gasteiger partial charge in [0, 0.05) is 0 Å². The highest BCUT2D eigenvalue weighted by Gasteiger charge is 2.82. The predicted octanol–water partition coefficient (Wildman–Crippen LogP) is 6.21. The number of aliphatic hydroxyl groups is 2. The van der Waals surface area contributed by atoms with Gasteiger partial charge in [0.25, 0.3) is 0 Å². The minimum absolute atomic E-state index is 0.0536. The molecule has 5 aliphatic rings. The lowest BCUT2D eigenvalue weighted by Gasteiger charge is -2.63. The number of aliphatic hydroxyl groups excluding tert-OH is 2. The summed E-state index contributed by atoms with van der Waals surface area (Å²) < 4.78 is 0. The number of hydrogen-bond donors (Lipinski definition) is 3. The second-order valence-corrected chi connectivity index (χ2v) is 14.3. The lowest BCUT2D eigenvalue weighted by atomic mass is 9.41. The van der Waals surface area contributed by atoms with Crippen LogP contribution in [0, 0.1) is 50.7 Å². The van der Waals surface area contributed by atoms with Gasteiger partial charge in [-0.15, -0.1) is 0 Å². The maximum atomic E-state index is 11.2. The molecule has 5 fully saturated rings. The minimum atomic E-state index is -1.000. The van der Waals surface area contributed by atoms with Gasteiger partial charge in [0.2, 0.25) is 0 Å². The number of hydrogen-bond acceptors (Lipinski definition) is 3. The molecular formula is C30H48O4. The van der Waals surface area contributed by atoms with E-state index < -0.39 is 5.97 Å². The zero-order valence-corrected chi connectivity index (χ0v) is 22.2. The predicted molar refractivity (Wildman–Crippen MR) is 134 cm³/mol. The first kappa shape index (κ1) is 24.8. The summed E-state index contributed by atoms with van der Waals surface area (Å²) >= 11 is 0. The number of carbonyl (C=O) groups is 1. The molecule has 0 aliphatic heterocycles. The number of carboxylic acids is 1. The summed E-state index contributed by atoms with van der Waals surface area (Å²) in [4.78, 5) is 11.2. The molecule has 0 aromatic carbocycles. The van der Waals surface area contributed by atoms with Gasteiger partial charge in [0.15, 0.2) is 0 Å². The van der Waals surface area contributed by atoms with Crippen LogP contribution in [0.3, 0.4) is 0 Å². The second kappa shape index (κ2) is 7.81. The van der Waals surface area contributed by atoms with E-state index in [-0.39, 0.29) is 23.7 Å². The maximum absolute atomic E-state index is 11.2. The molecular weight excluding hydrogens is 424 g/mol. The Labute approximate surface area is 206 Å². The molecule has 4 nitrogen and oxygen atoms in total. The third kappa shape index (κ3) is 3.00. The van der Waals surface area contributed by atoms with Crippen LogP contribution in [0.2, 0.25) is 0 Å². The maximum Gasteiger partial charge on any atom is 0.333 e. The van der Waals surface area contributed by atoms with Crippen molar-refractivity contribution in [2.24, 2.45) is 50.7 Å². The fraction of sp³-hybridized carbons (Fsp3) is 0.900. The standard InChI is InChI=1S/C30H48O4/c1-19(7-6-8-20(17-31)25(33)34)21-11-13-28(5)23-10-9-22-26(2,3)24(32)12-14-29(22)18-30(23,29)16-15-27(21,28)4/h8,19,21-24,31-32H,6-7,9-18H2,1-5H3,(H,33,34)/t19-,21-,22+,23+,24+,27-,28+,29-,30+/m1/s1. The Hall–Kier alpha value is -0.870. The Morgan fingerprint density at radius 2 is 1.62 bits per heavy atom. The number of fused-ring (bicyclic) bond motifs is 2. The molecule has 0 heterocycles. The van der Waals surface area contributed by atoms with Crippen LogP contribution in [0.5, 0.6) is 0 Å². The average molecular weight is 473 g/mol. The summed E-state index contributed by atoms with van der Waals surface area (Å²) in [6, 6.07) is 0. The highest BCUT2D eigenvalue weighted by Crippen LogP contribution is 2.89. The van der Waals surface area contributed by atoms with Gasteiger partial charge in [0.05, 0.1) is 18.3 Å². The lowest BCUT2D eigenvalue weighted by molar-refractivity contribution is -0.161. The number of aliphatic carboxylic acids is 1. The van der Waals surface area contributed by atoms with Crippen molar-refractivity contribution in [1.29, 1.82) is 0 Å². The minimum Gasteiger partial charge on any atom is -0.478 e. The largest absolute Gasteiger partial charge is 0.478 e. The summed E-state index contributed by atoms with van der Waals surface area (Å²) in [5.41, 5.74) is 1.96. The van der Waals surface area contributed by atoms with Gasteiger partial charge in [0.1, 0.15) is 0 Å². The number of rotatable bonds is 6. The van der Waals surface area contributed by atoms with E-state index in [4.69, 9.17) is 0 Å². The highest BCUT2D eigenvalue weighted by molar-refractivity contribution is 5.86. The second-order valence-electron chi connectivity index (χ2n) is 14.3. The Morgan fingerprint density at radius 1 is 0.941 bits per heavy atom. The van der Waals surface area contributed by atoms with Crippen LogP contribution < -0.4 is 0 Å². The van der Waals surface area contributed by atoms with Crippen molar-refractivity contribution < 1.29 is 20.1 Å². The topological polar surface area (TPSA) is 77.8 Å². The van der Waals surface area contributed by atoms with Crippen molar-refractivity contribution in [3.63, 3.8) is 0 Å². The molecule has 0 saturated heterocycles. The molecule has 0 bridgehead atoms. The van der Waals surface area contributed by atoms with Crippen molar-refractivity contribution in [3.05, 3.63) is 11.6 Å². The zero-order valence-electron chi connectivity index (χ0n) is 22.2. The molecule has 0 amide bonds. The molecule has 9 atom stereocenters. The van der Waals surface area contributed by atoms with Crippen LogP contribution in [0.25, 0.3) is 0 Å². The van der Waals surface area contributed by atoms with E-state index in [1.54, 1.807) is 6.08 Å². The molecule has 5 aliphatic carbocycles. The van der Waals surface area contributed by atoms with Gasteiger partial charge in [-0.1, -0.05) is 40.7 Å². The molecule has 5 rings (SSSR count). The highest BCUT2D eigenvalue weighted by atomic mass is 16.4. The van der Waals surface area contributed by atoms with E-state index in [9.17, 15) is 20.1 Å². The summed E-state index contributed by atoms with van der Waals surface area (Å²) in [6.45, 7) is 11.9. The first-order valence-electron chi connectivity index (χ1n) is 14.1. The quantitative estimate of drug-likeness (QED) is 0.402. The van der Waals surface area contributed by atoms with Crippen molar-refractivity contribution in [2.45, 2.75) is 111 Å². The summed E-state index contributed by atoms with van der Waals surface area (Å²) in [5.74, 6) is 1.78. The fourth-order valence-electron chi connectivity index (χ4n) is 11.2. The Balaban J connectivity index is 1.35. The lowest BCUT2D eigenvalue weighted by Crippen LogP contribution is -2.57. The smallest absolute Gasteiger partial charge is 0.333 e. The Morgan fingerprint density at radius 3 is 2.29 bits per heavy atom. The third-order valence-corrected chi connectivity index (χ3v) is 13.3. The van der Waals surface area contributed by atoms with Crippen LogP contribution in [0.15, 0.2) is 11.6 Å². The van der Waals surface area contributed by atoms with Gasteiger partial charge in [-0.25, -0.2) is 4.79 Å². The molecule has 4 heteroatoms. The van der Waals surface area contributed by atoms with Gasteiger partial charge < -0.3 is 15.3 Å². The van der Waals surface area contributed by atoms with E-state index in [0.29, 0.717) is 39.4 Å². The molecule has 192 valence electrons. The van der Waals surface area contributed by atoms with E-state index in [0.717, 1.165) is 25.2 Å². The summed E-state index contributed by atoms with van der Waals surface area (Å²) in [7, 11) is 0. The van der Waals surface area contributed by atoms with Gasteiger partial charge in [-0.2, -0.15) is 0 Å². The Bertz CT molecular complexity index is 877. The van der Waals surface area contributed by atoms with Crippen LogP contribution in [-0.4, -0.2) is 34.0 Å². The van der Waals surface area contributed by atoms with Crippen LogP contribution in [0.1, 0.15) is 105 Å². The third-order valence-electron chi connectivity index (χ3n) is 13.3. The van der Waals surface area contributed by atoms with Crippen LogP contribution in [0.4, 0.5) is 0 Å². The molecule has 2 spiro atoms. The fourth-order valence-corrected chi connectivity index (χ4v) is 11.2. The van der Waals surface area contributed by atoms with Gasteiger partial charge in [-0.05, 0) is 121 Å². The zero-order chi connectivity index (χ0) is 24.7. The molecule has 0 unspecified atom stereocenters.